The van der Waals surface area contributed by atoms with E-state index in [0.717, 1.165) is 52.0 Å². The molecule has 3 aliphatic rings. The topological polar surface area (TPSA) is 35.6 Å². The smallest absolute Gasteiger partial charge is 0.237 e. The zero-order valence-corrected chi connectivity index (χ0v) is 13.5. The van der Waals surface area contributed by atoms with Crippen molar-refractivity contribution in [3.8, 4) is 0 Å². The van der Waals surface area contributed by atoms with Crippen LogP contribution in [-0.4, -0.2) is 64.8 Å². The maximum absolute atomic E-state index is 12.0. The number of rotatable bonds is 5. The van der Waals surface area contributed by atoms with E-state index in [1.54, 1.807) is 0 Å². The van der Waals surface area contributed by atoms with Gasteiger partial charge in [0.15, 0.2) is 0 Å². The van der Waals surface area contributed by atoms with Crippen LogP contribution >= 0.6 is 23.2 Å². The van der Waals surface area contributed by atoms with Crippen LogP contribution in [0.2, 0.25) is 0 Å². The monoisotopic (exact) mass is 319 g/mol. The Morgan fingerprint density at radius 2 is 1.90 bits per heavy atom. The molecular weight excluding hydrogens is 297 g/mol. The summed E-state index contributed by atoms with van der Waals surface area (Å²) >= 11 is 12.2. The van der Waals surface area contributed by atoms with Gasteiger partial charge in [-0.05, 0) is 26.2 Å². The van der Waals surface area contributed by atoms with Crippen molar-refractivity contribution in [3.63, 3.8) is 0 Å². The summed E-state index contributed by atoms with van der Waals surface area (Å²) in [5.41, 5.74) is 0. The molecule has 2 aliphatic carbocycles. The average molecular weight is 320 g/mol. The highest BCUT2D eigenvalue weighted by atomic mass is 35.5. The number of carbonyl (C=O) groups excluding carboxylic acids is 1. The van der Waals surface area contributed by atoms with Crippen LogP contribution < -0.4 is 5.32 Å². The second kappa shape index (κ2) is 5.64. The normalized spacial score (nSPS) is 31.9. The molecule has 1 saturated heterocycles. The van der Waals surface area contributed by atoms with Crippen molar-refractivity contribution >= 4 is 29.1 Å². The molecule has 6 heteroatoms. The lowest BCUT2D eigenvalue weighted by molar-refractivity contribution is -0.126. The van der Waals surface area contributed by atoms with Crippen molar-refractivity contribution in [2.24, 2.45) is 5.92 Å². The third kappa shape index (κ3) is 3.59. The van der Waals surface area contributed by atoms with E-state index in [2.05, 4.69) is 15.1 Å². The minimum absolute atomic E-state index is 0.0150. The number of hydrogen-bond acceptors (Lipinski definition) is 3. The van der Waals surface area contributed by atoms with Gasteiger partial charge in [-0.15, -0.1) is 23.2 Å². The molecule has 2 saturated carbocycles. The minimum atomic E-state index is -0.478. The van der Waals surface area contributed by atoms with Gasteiger partial charge in [0.2, 0.25) is 5.91 Å². The average Bonchev–Trinajstić information content (AvgIpc) is 3.30. The van der Waals surface area contributed by atoms with E-state index in [9.17, 15) is 4.79 Å². The van der Waals surface area contributed by atoms with Crippen LogP contribution in [0.15, 0.2) is 0 Å². The first-order chi connectivity index (χ1) is 9.45. The molecular formula is C14H23Cl2N3O. The molecule has 1 amide bonds. The molecule has 2 unspecified atom stereocenters. The molecule has 1 aliphatic heterocycles. The van der Waals surface area contributed by atoms with E-state index < -0.39 is 4.33 Å². The molecule has 114 valence electrons. The Labute approximate surface area is 130 Å². The van der Waals surface area contributed by atoms with Crippen molar-refractivity contribution in [2.75, 3.05) is 32.7 Å². The predicted octanol–water partition coefficient (Wildman–Crippen LogP) is 1.46. The van der Waals surface area contributed by atoms with E-state index in [1.807, 2.05) is 6.92 Å². The second-order valence-electron chi connectivity index (χ2n) is 6.46. The third-order valence-corrected chi connectivity index (χ3v) is 5.62. The van der Waals surface area contributed by atoms with E-state index in [4.69, 9.17) is 23.2 Å². The summed E-state index contributed by atoms with van der Waals surface area (Å²) < 4.78 is -0.478. The van der Waals surface area contributed by atoms with Gasteiger partial charge in [0, 0.05) is 44.7 Å². The molecule has 4 nitrogen and oxygen atoms in total. The highest BCUT2D eigenvalue weighted by molar-refractivity contribution is 6.50. The molecule has 1 heterocycles. The van der Waals surface area contributed by atoms with Crippen LogP contribution in [0.1, 0.15) is 26.2 Å². The fourth-order valence-electron chi connectivity index (χ4n) is 2.83. The van der Waals surface area contributed by atoms with Gasteiger partial charge in [-0.3, -0.25) is 9.69 Å². The Morgan fingerprint density at radius 1 is 1.30 bits per heavy atom. The molecule has 2 atom stereocenters. The van der Waals surface area contributed by atoms with Gasteiger partial charge in [0.1, 0.15) is 4.33 Å². The van der Waals surface area contributed by atoms with Crippen molar-refractivity contribution in [1.29, 1.82) is 0 Å². The minimum Gasteiger partial charge on any atom is -0.352 e. The number of hydrogen-bond donors (Lipinski definition) is 1. The molecule has 3 fully saturated rings. The number of amides is 1. The summed E-state index contributed by atoms with van der Waals surface area (Å²) in [4.78, 5) is 16.7. The van der Waals surface area contributed by atoms with Gasteiger partial charge in [-0.1, -0.05) is 0 Å². The summed E-state index contributed by atoms with van der Waals surface area (Å²) in [5, 5.41) is 3.09. The number of piperazine rings is 1. The van der Waals surface area contributed by atoms with Crippen LogP contribution in [-0.2, 0) is 4.79 Å². The third-order valence-electron chi connectivity index (χ3n) is 4.69. The Bertz CT molecular complexity index is 379. The quantitative estimate of drug-likeness (QED) is 0.779. The first kappa shape index (κ1) is 14.9. The lowest BCUT2D eigenvalue weighted by atomic mass is 10.2. The first-order valence-electron chi connectivity index (χ1n) is 7.60. The fourth-order valence-corrected chi connectivity index (χ4v) is 3.34. The van der Waals surface area contributed by atoms with Gasteiger partial charge in [-0.2, -0.15) is 0 Å². The zero-order valence-electron chi connectivity index (χ0n) is 11.9. The van der Waals surface area contributed by atoms with Gasteiger partial charge >= 0.3 is 0 Å². The molecule has 0 aromatic rings. The summed E-state index contributed by atoms with van der Waals surface area (Å²) in [6.07, 6.45) is 3.20. The number of nitrogens with zero attached hydrogens (tertiary/aromatic N) is 2. The summed E-state index contributed by atoms with van der Waals surface area (Å²) in [7, 11) is 0. The number of carbonyl (C=O) groups is 1. The lowest BCUT2D eigenvalue weighted by Crippen LogP contribution is -2.54. The number of halogens is 2. The van der Waals surface area contributed by atoms with Crippen LogP contribution in [0.5, 0.6) is 0 Å². The molecule has 0 aromatic carbocycles. The Balaban J connectivity index is 1.40. The highest BCUT2D eigenvalue weighted by Crippen LogP contribution is 2.53. The second-order valence-corrected chi connectivity index (χ2v) is 8.00. The summed E-state index contributed by atoms with van der Waals surface area (Å²) in [6.45, 7) is 6.90. The molecule has 0 aromatic heterocycles. The molecule has 0 bridgehead atoms. The van der Waals surface area contributed by atoms with Crippen LogP contribution in [0.25, 0.3) is 0 Å². The zero-order chi connectivity index (χ0) is 14.3. The number of alkyl halides is 2. The summed E-state index contributed by atoms with van der Waals surface area (Å²) in [6, 6.07) is 0.431. The summed E-state index contributed by atoms with van der Waals surface area (Å²) in [5.74, 6) is 0.608. The molecule has 1 N–H and O–H groups in total. The SMILES string of the molecule is CC(C(=O)NC1CC1)N1CCN(CC2CC2(Cl)Cl)CC1. The first-order valence-corrected chi connectivity index (χ1v) is 8.36. The van der Waals surface area contributed by atoms with Gasteiger partial charge in [0.05, 0.1) is 6.04 Å². The van der Waals surface area contributed by atoms with Crippen LogP contribution in [0.4, 0.5) is 0 Å². The van der Waals surface area contributed by atoms with E-state index in [-0.39, 0.29) is 11.9 Å². The van der Waals surface area contributed by atoms with Crippen LogP contribution in [0.3, 0.4) is 0 Å². The molecule has 20 heavy (non-hydrogen) atoms. The van der Waals surface area contributed by atoms with E-state index in [0.29, 0.717) is 12.0 Å². The van der Waals surface area contributed by atoms with Gasteiger partial charge in [0.25, 0.3) is 0 Å². The largest absolute Gasteiger partial charge is 0.352 e. The fraction of sp³-hybridized carbons (Fsp3) is 0.929. The maximum Gasteiger partial charge on any atom is 0.237 e. The molecule has 3 rings (SSSR count). The van der Waals surface area contributed by atoms with E-state index >= 15 is 0 Å². The Hall–Kier alpha value is -0.0300. The molecule has 0 spiro atoms. The van der Waals surface area contributed by atoms with Gasteiger partial charge in [-0.25, -0.2) is 0 Å². The Kier molecular flexibility index (Phi) is 4.20. The van der Waals surface area contributed by atoms with Crippen molar-refractivity contribution < 1.29 is 4.79 Å². The van der Waals surface area contributed by atoms with Gasteiger partial charge < -0.3 is 10.2 Å². The maximum atomic E-state index is 12.0. The van der Waals surface area contributed by atoms with E-state index in [1.165, 1.54) is 0 Å². The highest BCUT2D eigenvalue weighted by Gasteiger charge is 2.52. The van der Waals surface area contributed by atoms with Crippen molar-refractivity contribution in [2.45, 2.75) is 42.6 Å². The van der Waals surface area contributed by atoms with Crippen molar-refractivity contribution in [3.05, 3.63) is 0 Å². The number of nitrogens with one attached hydrogen (secondary N) is 1. The van der Waals surface area contributed by atoms with Crippen LogP contribution in [0, 0.1) is 5.92 Å². The van der Waals surface area contributed by atoms with Crippen molar-refractivity contribution in [1.82, 2.24) is 15.1 Å². The standard InChI is InChI=1S/C14H23Cl2N3O/c1-10(13(20)17-12-2-3-12)19-6-4-18(5-7-19)9-11-8-14(11,15)16/h10-12H,2-9H2,1H3,(H,17,20). The lowest BCUT2D eigenvalue weighted by Gasteiger charge is -2.37. The Morgan fingerprint density at radius 3 is 2.40 bits per heavy atom. The predicted molar refractivity (Wildman–Crippen MR) is 81.2 cm³/mol. The molecule has 0 radical (unpaired) electrons.